The van der Waals surface area contributed by atoms with Gasteiger partial charge in [0.2, 0.25) is 5.78 Å². The molecule has 0 radical (unpaired) electrons. The first-order valence-electron chi connectivity index (χ1n) is 8.16. The van der Waals surface area contributed by atoms with Crippen LogP contribution in [0.2, 0.25) is 0 Å². The molecule has 8 nitrogen and oxygen atoms in total. The van der Waals surface area contributed by atoms with Crippen LogP contribution >= 0.6 is 0 Å². The number of nitro groups is 1. The van der Waals surface area contributed by atoms with Crippen LogP contribution in [0.25, 0.3) is 10.9 Å². The van der Waals surface area contributed by atoms with Crippen molar-refractivity contribution in [3.63, 3.8) is 0 Å². The van der Waals surface area contributed by atoms with Crippen LogP contribution in [-0.2, 0) is 4.74 Å². The number of rotatable bonds is 5. The maximum atomic E-state index is 12.8. The Labute approximate surface area is 154 Å². The largest absolute Gasteiger partial charge is 0.451 e. The van der Waals surface area contributed by atoms with Crippen LogP contribution in [0.5, 0.6) is 0 Å². The molecule has 0 aliphatic heterocycles. The van der Waals surface area contributed by atoms with Crippen LogP contribution < -0.4 is 5.73 Å². The molecule has 3 N–H and O–H groups in total. The second-order valence-electron chi connectivity index (χ2n) is 6.11. The number of anilines is 1. The second-order valence-corrected chi connectivity index (χ2v) is 6.11. The van der Waals surface area contributed by atoms with Crippen molar-refractivity contribution in [2.75, 3.05) is 5.73 Å². The Kier molecular flexibility index (Phi) is 4.64. The zero-order valence-corrected chi connectivity index (χ0v) is 14.7. The van der Waals surface area contributed by atoms with Crippen molar-refractivity contribution >= 4 is 34.0 Å². The molecule has 8 heteroatoms. The summed E-state index contributed by atoms with van der Waals surface area (Å²) < 4.78 is 5.24. The minimum Gasteiger partial charge on any atom is -0.451 e. The predicted octanol–water partition coefficient (Wildman–Crippen LogP) is 3.39. The molecule has 3 aromatic rings. The van der Waals surface area contributed by atoms with Crippen molar-refractivity contribution in [2.24, 2.45) is 0 Å². The second kappa shape index (κ2) is 6.91. The topological polar surface area (TPSA) is 128 Å². The lowest BCUT2D eigenvalue weighted by atomic mass is 10.0. The minimum absolute atomic E-state index is 0.0357. The fourth-order valence-electron chi connectivity index (χ4n) is 2.91. The molecule has 138 valence electrons. The van der Waals surface area contributed by atoms with Crippen LogP contribution in [0, 0.1) is 17.0 Å². The number of aromatic nitrogens is 1. The van der Waals surface area contributed by atoms with Gasteiger partial charge in [-0.2, -0.15) is 0 Å². The van der Waals surface area contributed by atoms with Gasteiger partial charge in [0.15, 0.2) is 6.10 Å². The van der Waals surface area contributed by atoms with E-state index < -0.39 is 17.0 Å². The number of non-ortho nitro benzene ring substituents is 1. The number of nitrogens with zero attached hydrogens (tertiary/aromatic N) is 1. The van der Waals surface area contributed by atoms with Gasteiger partial charge in [-0.15, -0.1) is 0 Å². The third-order valence-corrected chi connectivity index (χ3v) is 4.26. The summed E-state index contributed by atoms with van der Waals surface area (Å²) in [6.07, 6.45) is -1.09. The van der Waals surface area contributed by atoms with Crippen molar-refractivity contribution in [2.45, 2.75) is 20.0 Å². The number of hydrogen-bond donors (Lipinski definition) is 2. The number of esters is 1. The first-order valence-corrected chi connectivity index (χ1v) is 8.16. The third kappa shape index (κ3) is 3.37. The van der Waals surface area contributed by atoms with Crippen LogP contribution in [0.1, 0.15) is 33.3 Å². The van der Waals surface area contributed by atoms with Gasteiger partial charge < -0.3 is 15.5 Å². The molecule has 27 heavy (non-hydrogen) atoms. The molecule has 0 unspecified atom stereocenters. The summed E-state index contributed by atoms with van der Waals surface area (Å²) >= 11 is 0. The number of para-hydroxylation sites is 1. The Morgan fingerprint density at radius 1 is 1.22 bits per heavy atom. The Morgan fingerprint density at radius 3 is 2.63 bits per heavy atom. The fraction of sp³-hybridized carbons (Fsp3) is 0.158. The number of nitrogens with two attached hydrogens (primary N) is 1. The quantitative estimate of drug-likeness (QED) is 0.234. The summed E-state index contributed by atoms with van der Waals surface area (Å²) in [5.74, 6) is -1.27. The molecule has 0 spiro atoms. The number of nitro benzene ring substituents is 1. The summed E-state index contributed by atoms with van der Waals surface area (Å²) in [6, 6.07) is 10.8. The van der Waals surface area contributed by atoms with Gasteiger partial charge in [-0.05, 0) is 26.0 Å². The lowest BCUT2D eigenvalue weighted by molar-refractivity contribution is -0.384. The molecule has 3 rings (SSSR count). The van der Waals surface area contributed by atoms with Gasteiger partial charge in [0.1, 0.15) is 0 Å². The Balaban J connectivity index is 1.86. The molecule has 0 saturated heterocycles. The number of hydrogen-bond acceptors (Lipinski definition) is 6. The van der Waals surface area contributed by atoms with Crippen molar-refractivity contribution in [3.8, 4) is 0 Å². The number of carbonyl (C=O) groups is 2. The highest BCUT2D eigenvalue weighted by molar-refractivity contribution is 6.12. The highest BCUT2D eigenvalue weighted by Gasteiger charge is 2.26. The normalized spacial score (nSPS) is 11.9. The summed E-state index contributed by atoms with van der Waals surface area (Å²) in [5.41, 5.74) is 7.23. The maximum absolute atomic E-state index is 12.8. The highest BCUT2D eigenvalue weighted by atomic mass is 16.6. The van der Waals surface area contributed by atoms with Gasteiger partial charge in [-0.3, -0.25) is 14.9 Å². The molecule has 1 atom stereocenters. The maximum Gasteiger partial charge on any atom is 0.341 e. The lowest BCUT2D eigenvalue weighted by Gasteiger charge is -2.13. The van der Waals surface area contributed by atoms with Crippen LogP contribution in [0.3, 0.4) is 0 Å². The molecule has 0 amide bonds. The van der Waals surface area contributed by atoms with Crippen molar-refractivity contribution in [1.29, 1.82) is 0 Å². The zero-order valence-electron chi connectivity index (χ0n) is 14.7. The van der Waals surface area contributed by atoms with Crippen molar-refractivity contribution < 1.29 is 19.2 Å². The lowest BCUT2D eigenvalue weighted by Crippen LogP contribution is -2.25. The smallest absolute Gasteiger partial charge is 0.341 e. The van der Waals surface area contributed by atoms with E-state index in [-0.39, 0.29) is 22.7 Å². The zero-order chi connectivity index (χ0) is 19.7. The molecule has 0 bridgehead atoms. The highest BCUT2D eigenvalue weighted by Crippen LogP contribution is 2.25. The van der Waals surface area contributed by atoms with E-state index in [0.717, 1.165) is 17.0 Å². The third-order valence-electron chi connectivity index (χ3n) is 4.26. The van der Waals surface area contributed by atoms with E-state index in [0.29, 0.717) is 11.3 Å². The molecule has 2 aromatic carbocycles. The number of ketones is 1. The molecule has 0 saturated carbocycles. The number of nitrogen functional groups attached to an aromatic ring is 1. The van der Waals surface area contributed by atoms with E-state index in [4.69, 9.17) is 10.5 Å². The first-order chi connectivity index (χ1) is 12.8. The number of ether oxygens (including phenoxy) is 1. The van der Waals surface area contributed by atoms with E-state index in [1.165, 1.54) is 19.1 Å². The molecule has 1 heterocycles. The fourth-order valence-corrected chi connectivity index (χ4v) is 2.91. The van der Waals surface area contributed by atoms with Gasteiger partial charge in [-0.1, -0.05) is 18.2 Å². The summed E-state index contributed by atoms with van der Waals surface area (Å²) in [6.45, 7) is 3.22. The Morgan fingerprint density at radius 2 is 1.93 bits per heavy atom. The first kappa shape index (κ1) is 18.1. The number of nitrogens with one attached hydrogen (secondary N) is 1. The predicted molar refractivity (Wildman–Crippen MR) is 99.8 cm³/mol. The molecular weight excluding hydrogens is 350 g/mol. The SMILES string of the molecule is Cc1[nH]c2ccccc2c1C(=O)[C@H](C)OC(=O)c1cc([N+](=O)[O-])ccc1N. The van der Waals surface area contributed by atoms with Gasteiger partial charge in [0.25, 0.3) is 5.69 Å². The number of Topliss-reactive ketones (excluding diaryl/α,β-unsaturated/α-hetero) is 1. The van der Waals surface area contributed by atoms with Gasteiger partial charge in [0.05, 0.1) is 10.5 Å². The monoisotopic (exact) mass is 367 g/mol. The summed E-state index contributed by atoms with van der Waals surface area (Å²) in [5, 5.41) is 11.6. The van der Waals surface area contributed by atoms with Crippen LogP contribution in [0.15, 0.2) is 42.5 Å². The molecule has 1 aromatic heterocycles. The molecule has 0 aliphatic rings. The molecule has 0 fully saturated rings. The van der Waals surface area contributed by atoms with E-state index in [9.17, 15) is 19.7 Å². The van der Waals surface area contributed by atoms with E-state index in [2.05, 4.69) is 4.98 Å². The number of aryl methyl sites for hydroxylation is 1. The Hall–Kier alpha value is -3.68. The van der Waals surface area contributed by atoms with Gasteiger partial charge in [-0.25, -0.2) is 4.79 Å². The average molecular weight is 367 g/mol. The van der Waals surface area contributed by atoms with Crippen LogP contribution in [-0.4, -0.2) is 27.8 Å². The standard InChI is InChI=1S/C19H17N3O5/c1-10-17(13-5-3-4-6-16(13)21-10)18(23)11(2)27-19(24)14-9-12(22(25)26)7-8-15(14)20/h3-9,11,21H,20H2,1-2H3/t11-/m0/s1. The summed E-state index contributed by atoms with van der Waals surface area (Å²) in [7, 11) is 0. The van der Waals surface area contributed by atoms with Crippen LogP contribution in [0.4, 0.5) is 11.4 Å². The van der Waals surface area contributed by atoms with Gasteiger partial charge in [0, 0.05) is 40.0 Å². The van der Waals surface area contributed by atoms with Crippen molar-refractivity contribution in [1.82, 2.24) is 4.98 Å². The number of fused-ring (bicyclic) bond motifs is 1. The number of benzene rings is 2. The van der Waals surface area contributed by atoms with E-state index >= 15 is 0 Å². The van der Waals surface area contributed by atoms with Gasteiger partial charge >= 0.3 is 5.97 Å². The van der Waals surface area contributed by atoms with E-state index in [1.54, 1.807) is 13.0 Å². The minimum atomic E-state index is -1.09. The molecule has 0 aliphatic carbocycles. The Bertz CT molecular complexity index is 1070. The molecular formula is C19H17N3O5. The van der Waals surface area contributed by atoms with Crippen molar-refractivity contribution in [3.05, 3.63) is 69.4 Å². The number of carbonyl (C=O) groups excluding carboxylic acids is 2. The average Bonchev–Trinajstić information content (AvgIpc) is 2.96. The number of aromatic amines is 1. The van der Waals surface area contributed by atoms with E-state index in [1.807, 2.05) is 18.2 Å². The number of H-pyrrole nitrogens is 1. The summed E-state index contributed by atoms with van der Waals surface area (Å²) in [4.78, 5) is 38.6.